The third-order valence-electron chi connectivity index (χ3n) is 3.57. The Hall–Kier alpha value is -2.60. The van der Waals surface area contributed by atoms with Gasteiger partial charge in [0.1, 0.15) is 11.6 Å². The lowest BCUT2D eigenvalue weighted by Gasteiger charge is -2.13. The average molecular weight is 332 g/mol. The van der Waals surface area contributed by atoms with Crippen LogP contribution in [0, 0.1) is 5.82 Å². The fourth-order valence-corrected chi connectivity index (χ4v) is 2.21. The molecule has 0 bridgehead atoms. The number of carbonyl (C=O) groups excluding carboxylic acids is 1. The number of urea groups is 1. The van der Waals surface area contributed by atoms with Gasteiger partial charge in [-0.25, -0.2) is 9.18 Å². The van der Waals surface area contributed by atoms with Crippen LogP contribution in [0.3, 0.4) is 0 Å². The molecule has 0 aromatic heterocycles. The number of amides is 2. The lowest BCUT2D eigenvalue weighted by molar-refractivity contribution is 0.173. The second-order valence-electron chi connectivity index (χ2n) is 5.47. The maximum absolute atomic E-state index is 12.8. The van der Waals surface area contributed by atoms with Gasteiger partial charge in [0.15, 0.2) is 0 Å². The Labute approximate surface area is 140 Å². The van der Waals surface area contributed by atoms with E-state index >= 15 is 0 Å². The summed E-state index contributed by atoms with van der Waals surface area (Å²) in [6.45, 7) is 0.550. The summed E-state index contributed by atoms with van der Waals surface area (Å²) in [5, 5.41) is 24.4. The van der Waals surface area contributed by atoms with Crippen molar-refractivity contribution in [2.24, 2.45) is 0 Å². The highest BCUT2D eigenvalue weighted by molar-refractivity contribution is 5.73. The number of aryl methyl sites for hydroxylation is 1. The lowest BCUT2D eigenvalue weighted by atomic mass is 10.1. The molecule has 2 aromatic rings. The smallest absolute Gasteiger partial charge is 0.314 e. The molecule has 128 valence electrons. The van der Waals surface area contributed by atoms with Crippen LogP contribution in [0.25, 0.3) is 0 Å². The first-order valence-electron chi connectivity index (χ1n) is 7.78. The molecule has 0 aliphatic carbocycles. The van der Waals surface area contributed by atoms with Crippen molar-refractivity contribution >= 4 is 6.03 Å². The van der Waals surface area contributed by atoms with E-state index in [1.54, 1.807) is 12.1 Å². The quantitative estimate of drug-likeness (QED) is 0.588. The molecule has 0 aliphatic rings. The molecule has 2 amide bonds. The Morgan fingerprint density at radius 1 is 1.04 bits per heavy atom. The molecule has 2 aromatic carbocycles. The van der Waals surface area contributed by atoms with Gasteiger partial charge in [-0.2, -0.15) is 0 Å². The molecule has 0 heterocycles. The highest BCUT2D eigenvalue weighted by atomic mass is 19.1. The molecular formula is C18H21FN2O3. The first-order valence-corrected chi connectivity index (χ1v) is 7.78. The topological polar surface area (TPSA) is 81.6 Å². The Morgan fingerprint density at radius 3 is 2.38 bits per heavy atom. The molecule has 0 radical (unpaired) electrons. The number of carbonyl (C=O) groups is 1. The number of nitrogens with one attached hydrogen (secondary N) is 2. The van der Waals surface area contributed by atoms with Crippen LogP contribution < -0.4 is 10.6 Å². The Kier molecular flexibility index (Phi) is 6.57. The highest BCUT2D eigenvalue weighted by Gasteiger charge is 2.09. The molecule has 24 heavy (non-hydrogen) atoms. The van der Waals surface area contributed by atoms with Gasteiger partial charge in [0.2, 0.25) is 0 Å². The number of halogens is 1. The van der Waals surface area contributed by atoms with Crippen LogP contribution in [0.15, 0.2) is 48.5 Å². The van der Waals surface area contributed by atoms with Gasteiger partial charge >= 0.3 is 6.03 Å². The van der Waals surface area contributed by atoms with Crippen molar-refractivity contribution in [1.82, 2.24) is 10.6 Å². The summed E-state index contributed by atoms with van der Waals surface area (Å²) in [7, 11) is 0. The van der Waals surface area contributed by atoms with Crippen molar-refractivity contribution < 1.29 is 19.4 Å². The van der Waals surface area contributed by atoms with Crippen LogP contribution in [0.2, 0.25) is 0 Å². The first-order chi connectivity index (χ1) is 11.5. The summed E-state index contributed by atoms with van der Waals surface area (Å²) in [6, 6.07) is 12.1. The third-order valence-corrected chi connectivity index (χ3v) is 3.57. The molecule has 6 heteroatoms. The number of hydrogen-bond acceptors (Lipinski definition) is 3. The van der Waals surface area contributed by atoms with Crippen LogP contribution in [-0.2, 0) is 6.42 Å². The molecule has 0 aliphatic heterocycles. The number of phenols is 1. The number of aliphatic hydroxyl groups is 1. The fourth-order valence-electron chi connectivity index (χ4n) is 2.21. The van der Waals surface area contributed by atoms with Gasteiger partial charge in [0.05, 0.1) is 6.10 Å². The zero-order valence-electron chi connectivity index (χ0n) is 13.2. The van der Waals surface area contributed by atoms with Crippen LogP contribution in [0.1, 0.15) is 23.7 Å². The molecule has 1 atom stereocenters. The SMILES string of the molecule is O=C(NCCCc1ccc(O)cc1)NCC(O)c1ccc(F)cc1. The highest BCUT2D eigenvalue weighted by Crippen LogP contribution is 2.12. The molecule has 5 nitrogen and oxygen atoms in total. The standard InChI is InChI=1S/C18H21FN2O3/c19-15-7-5-14(6-8-15)17(23)12-21-18(24)20-11-1-2-13-3-9-16(22)10-4-13/h3-10,17,22-23H,1-2,11-12H2,(H2,20,21,24). The molecule has 0 saturated heterocycles. The molecule has 4 N–H and O–H groups in total. The van der Waals surface area contributed by atoms with Crippen LogP contribution in [0.4, 0.5) is 9.18 Å². The first kappa shape index (κ1) is 17.7. The zero-order chi connectivity index (χ0) is 17.4. The van der Waals surface area contributed by atoms with E-state index in [0.29, 0.717) is 12.1 Å². The maximum atomic E-state index is 12.8. The third kappa shape index (κ3) is 5.89. The van der Waals surface area contributed by atoms with Crippen LogP contribution >= 0.6 is 0 Å². The van der Waals surface area contributed by atoms with Gasteiger partial charge < -0.3 is 20.8 Å². The van der Waals surface area contributed by atoms with Gasteiger partial charge in [-0.15, -0.1) is 0 Å². The van der Waals surface area contributed by atoms with Crippen molar-refractivity contribution in [1.29, 1.82) is 0 Å². The monoisotopic (exact) mass is 332 g/mol. The summed E-state index contributed by atoms with van der Waals surface area (Å²) in [4.78, 5) is 11.7. The summed E-state index contributed by atoms with van der Waals surface area (Å²) in [5.41, 5.74) is 1.63. The molecular weight excluding hydrogens is 311 g/mol. The van der Waals surface area contributed by atoms with E-state index in [-0.39, 0.29) is 24.1 Å². The van der Waals surface area contributed by atoms with Gasteiger partial charge in [-0.05, 0) is 48.2 Å². The van der Waals surface area contributed by atoms with Gasteiger partial charge in [0, 0.05) is 13.1 Å². The summed E-state index contributed by atoms with van der Waals surface area (Å²) < 4.78 is 12.8. The van der Waals surface area contributed by atoms with Crippen molar-refractivity contribution in [2.45, 2.75) is 18.9 Å². The summed E-state index contributed by atoms with van der Waals surface area (Å²) in [5.74, 6) is -0.138. The van der Waals surface area contributed by atoms with E-state index in [0.717, 1.165) is 18.4 Å². The molecule has 2 rings (SSSR count). The summed E-state index contributed by atoms with van der Waals surface area (Å²) >= 11 is 0. The summed E-state index contributed by atoms with van der Waals surface area (Å²) in [6.07, 6.45) is 0.672. The van der Waals surface area contributed by atoms with E-state index in [1.807, 2.05) is 12.1 Å². The van der Waals surface area contributed by atoms with Crippen LogP contribution in [-0.4, -0.2) is 29.3 Å². The Balaban J connectivity index is 1.62. The van der Waals surface area contributed by atoms with E-state index in [9.17, 15) is 19.4 Å². The maximum Gasteiger partial charge on any atom is 0.314 e. The number of aromatic hydroxyl groups is 1. The van der Waals surface area contributed by atoms with Crippen molar-refractivity contribution in [3.8, 4) is 5.75 Å². The van der Waals surface area contributed by atoms with E-state index in [1.165, 1.54) is 24.3 Å². The van der Waals surface area contributed by atoms with Crippen molar-refractivity contribution in [2.75, 3.05) is 13.1 Å². The normalized spacial score (nSPS) is 11.8. The number of aliphatic hydroxyl groups excluding tert-OH is 1. The largest absolute Gasteiger partial charge is 0.508 e. The Bertz CT molecular complexity index is 644. The minimum absolute atomic E-state index is 0.0510. The Morgan fingerprint density at radius 2 is 1.71 bits per heavy atom. The minimum atomic E-state index is -0.881. The van der Waals surface area contributed by atoms with E-state index in [2.05, 4.69) is 10.6 Å². The van der Waals surface area contributed by atoms with Crippen molar-refractivity contribution in [3.05, 3.63) is 65.5 Å². The molecule has 0 saturated carbocycles. The minimum Gasteiger partial charge on any atom is -0.508 e. The van der Waals surface area contributed by atoms with Gasteiger partial charge in [-0.3, -0.25) is 0 Å². The average Bonchev–Trinajstić information content (AvgIpc) is 2.59. The van der Waals surface area contributed by atoms with E-state index < -0.39 is 6.10 Å². The number of benzene rings is 2. The van der Waals surface area contributed by atoms with Gasteiger partial charge in [0.25, 0.3) is 0 Å². The second-order valence-corrected chi connectivity index (χ2v) is 5.47. The number of phenolic OH excluding ortho intramolecular Hbond substituents is 1. The number of hydrogen-bond donors (Lipinski definition) is 4. The van der Waals surface area contributed by atoms with Crippen molar-refractivity contribution in [3.63, 3.8) is 0 Å². The predicted molar refractivity (Wildman–Crippen MR) is 89.2 cm³/mol. The zero-order valence-corrected chi connectivity index (χ0v) is 13.2. The number of rotatable bonds is 7. The molecule has 1 unspecified atom stereocenters. The van der Waals surface area contributed by atoms with Gasteiger partial charge in [-0.1, -0.05) is 24.3 Å². The predicted octanol–water partition coefficient (Wildman–Crippen LogP) is 2.50. The fraction of sp³-hybridized carbons (Fsp3) is 0.278. The van der Waals surface area contributed by atoms with Crippen LogP contribution in [0.5, 0.6) is 5.75 Å². The second kappa shape index (κ2) is 8.88. The lowest BCUT2D eigenvalue weighted by Crippen LogP contribution is -2.38. The molecule has 0 fully saturated rings. The van der Waals surface area contributed by atoms with E-state index in [4.69, 9.17) is 0 Å². The molecule has 0 spiro atoms.